The highest BCUT2D eigenvalue weighted by Crippen LogP contribution is 2.17. The van der Waals surface area contributed by atoms with Crippen LogP contribution in [-0.4, -0.2) is 74.0 Å². The van der Waals surface area contributed by atoms with Gasteiger partial charge in [0.25, 0.3) is 5.91 Å². The zero-order valence-corrected chi connectivity index (χ0v) is 17.7. The van der Waals surface area contributed by atoms with Gasteiger partial charge in [0.1, 0.15) is 0 Å². The number of anilines is 1. The number of nitrogens with zero attached hydrogens (tertiary/aromatic N) is 3. The van der Waals surface area contributed by atoms with Crippen molar-refractivity contribution in [1.29, 1.82) is 0 Å². The van der Waals surface area contributed by atoms with Crippen molar-refractivity contribution in [3.8, 4) is 0 Å². The molecule has 1 N–H and O–H groups in total. The maximum absolute atomic E-state index is 12.9. The lowest BCUT2D eigenvalue weighted by molar-refractivity contribution is -0.122. The van der Waals surface area contributed by atoms with Crippen LogP contribution >= 0.6 is 0 Å². The Labute approximate surface area is 169 Å². The van der Waals surface area contributed by atoms with Crippen molar-refractivity contribution < 1.29 is 9.59 Å². The lowest BCUT2D eigenvalue weighted by Gasteiger charge is -2.24. The maximum Gasteiger partial charge on any atom is 0.253 e. The topological polar surface area (TPSA) is 55.9 Å². The number of carbonyl (C=O) groups is 2. The van der Waals surface area contributed by atoms with Crippen molar-refractivity contribution in [3.63, 3.8) is 0 Å². The Kier molecular flexibility index (Phi) is 9.28. The number of hydrogen-bond donors (Lipinski definition) is 1. The summed E-state index contributed by atoms with van der Waals surface area (Å²) in [6.07, 6.45) is 3.25. The third-order valence-corrected chi connectivity index (χ3v) is 5.26. The minimum absolute atomic E-state index is 0.0569. The molecular weight excluding hydrogens is 352 g/mol. The third kappa shape index (κ3) is 6.51. The number of rotatable bonds is 9. The molecule has 6 heteroatoms. The van der Waals surface area contributed by atoms with Gasteiger partial charge < -0.3 is 15.1 Å². The Morgan fingerprint density at radius 2 is 1.79 bits per heavy atom. The second kappa shape index (κ2) is 11.7. The Hall–Kier alpha value is -2.08. The molecule has 1 fully saturated rings. The van der Waals surface area contributed by atoms with E-state index in [1.165, 1.54) is 18.5 Å². The third-order valence-electron chi connectivity index (χ3n) is 5.26. The number of nitrogens with one attached hydrogen (secondary N) is 1. The minimum atomic E-state index is 0.0569. The molecule has 1 aliphatic rings. The van der Waals surface area contributed by atoms with E-state index in [9.17, 15) is 9.59 Å². The number of benzene rings is 1. The van der Waals surface area contributed by atoms with E-state index in [0.29, 0.717) is 19.6 Å². The summed E-state index contributed by atoms with van der Waals surface area (Å²) in [5.74, 6) is 0.143. The first kappa shape index (κ1) is 22.2. The number of carbonyl (C=O) groups excluding carboxylic acids is 2. The van der Waals surface area contributed by atoms with Crippen molar-refractivity contribution in [2.45, 2.75) is 40.0 Å². The molecule has 1 heterocycles. The molecule has 6 nitrogen and oxygen atoms in total. The molecule has 2 amide bonds. The van der Waals surface area contributed by atoms with Gasteiger partial charge in [-0.15, -0.1) is 0 Å². The molecule has 28 heavy (non-hydrogen) atoms. The highest BCUT2D eigenvalue weighted by atomic mass is 16.2. The van der Waals surface area contributed by atoms with Crippen molar-refractivity contribution in [2.24, 2.45) is 0 Å². The monoisotopic (exact) mass is 388 g/mol. The van der Waals surface area contributed by atoms with Crippen molar-refractivity contribution >= 4 is 17.5 Å². The Morgan fingerprint density at radius 1 is 1.04 bits per heavy atom. The van der Waals surface area contributed by atoms with Gasteiger partial charge in [0, 0.05) is 57.1 Å². The molecule has 0 atom stereocenters. The molecule has 0 saturated carbocycles. The van der Waals surface area contributed by atoms with E-state index in [-0.39, 0.29) is 11.8 Å². The quantitative estimate of drug-likeness (QED) is 0.706. The SMILES string of the molecule is CCCCN(CC)c1ccc(C(=O)N2CCCN(CC(=O)NCC)CC2)cc1. The van der Waals surface area contributed by atoms with Crippen LogP contribution in [0.2, 0.25) is 0 Å². The number of unbranched alkanes of at least 4 members (excludes halogenated alkanes) is 1. The van der Waals surface area contributed by atoms with Crippen LogP contribution in [0.4, 0.5) is 5.69 Å². The molecule has 0 bridgehead atoms. The predicted molar refractivity (Wildman–Crippen MR) is 115 cm³/mol. The minimum Gasteiger partial charge on any atom is -0.372 e. The van der Waals surface area contributed by atoms with Gasteiger partial charge in [-0.2, -0.15) is 0 Å². The van der Waals surface area contributed by atoms with Crippen LogP contribution in [-0.2, 0) is 4.79 Å². The lowest BCUT2D eigenvalue weighted by atomic mass is 10.1. The van der Waals surface area contributed by atoms with E-state index in [1.807, 2.05) is 24.0 Å². The molecule has 2 rings (SSSR count). The highest BCUT2D eigenvalue weighted by Gasteiger charge is 2.21. The molecular formula is C22H36N4O2. The zero-order valence-electron chi connectivity index (χ0n) is 17.7. The number of hydrogen-bond acceptors (Lipinski definition) is 4. The molecule has 0 spiro atoms. The van der Waals surface area contributed by atoms with Crippen molar-refractivity contribution in [3.05, 3.63) is 29.8 Å². The molecule has 1 aromatic rings. The largest absolute Gasteiger partial charge is 0.372 e. The first-order valence-corrected chi connectivity index (χ1v) is 10.7. The summed E-state index contributed by atoms with van der Waals surface area (Å²) in [7, 11) is 0. The summed E-state index contributed by atoms with van der Waals surface area (Å²) in [6.45, 7) is 12.4. The highest BCUT2D eigenvalue weighted by molar-refractivity contribution is 5.94. The van der Waals surface area contributed by atoms with Crippen LogP contribution in [0, 0.1) is 0 Å². The summed E-state index contributed by atoms with van der Waals surface area (Å²) in [5.41, 5.74) is 1.92. The standard InChI is InChI=1S/C22H36N4O2/c1-4-7-14-25(6-3)20-11-9-19(10-12-20)22(28)26-15-8-13-24(16-17-26)18-21(27)23-5-2/h9-12H,4-8,13-18H2,1-3H3,(H,23,27). The van der Waals surface area contributed by atoms with E-state index in [1.54, 1.807) is 0 Å². The molecule has 0 radical (unpaired) electrons. The summed E-state index contributed by atoms with van der Waals surface area (Å²) in [5, 5.41) is 2.84. The fraction of sp³-hybridized carbons (Fsp3) is 0.636. The molecule has 1 aliphatic heterocycles. The Balaban J connectivity index is 1.93. The molecule has 1 aromatic carbocycles. The summed E-state index contributed by atoms with van der Waals surface area (Å²) >= 11 is 0. The molecule has 156 valence electrons. The Bertz CT molecular complexity index is 617. The van der Waals surface area contributed by atoms with Gasteiger partial charge in [-0.1, -0.05) is 13.3 Å². The fourth-order valence-electron chi connectivity index (χ4n) is 3.60. The van der Waals surface area contributed by atoms with Crippen molar-refractivity contribution in [1.82, 2.24) is 15.1 Å². The Morgan fingerprint density at radius 3 is 2.43 bits per heavy atom. The molecule has 0 aromatic heterocycles. The smallest absolute Gasteiger partial charge is 0.253 e. The normalized spacial score (nSPS) is 15.2. The van der Waals surface area contributed by atoms with Crippen LogP contribution in [0.3, 0.4) is 0 Å². The average Bonchev–Trinajstić information content (AvgIpc) is 2.94. The average molecular weight is 389 g/mol. The van der Waals surface area contributed by atoms with Crippen LogP contribution in [0.25, 0.3) is 0 Å². The second-order valence-corrected chi connectivity index (χ2v) is 7.36. The van der Waals surface area contributed by atoms with E-state index < -0.39 is 0 Å². The summed E-state index contributed by atoms with van der Waals surface area (Å²) in [6, 6.07) is 8.02. The molecule has 0 unspecified atom stereocenters. The van der Waals surface area contributed by atoms with E-state index in [4.69, 9.17) is 0 Å². The first-order valence-electron chi connectivity index (χ1n) is 10.7. The maximum atomic E-state index is 12.9. The van der Waals surface area contributed by atoms with Gasteiger partial charge in [-0.05, 0) is 51.0 Å². The van der Waals surface area contributed by atoms with Crippen LogP contribution in [0.5, 0.6) is 0 Å². The number of amides is 2. The van der Waals surface area contributed by atoms with Gasteiger partial charge in [0.2, 0.25) is 5.91 Å². The lowest BCUT2D eigenvalue weighted by Crippen LogP contribution is -2.40. The number of likely N-dealkylation sites (N-methyl/N-ethyl adjacent to an activating group) is 1. The van der Waals surface area contributed by atoms with Gasteiger partial charge in [-0.25, -0.2) is 0 Å². The second-order valence-electron chi connectivity index (χ2n) is 7.36. The van der Waals surface area contributed by atoms with Gasteiger partial charge >= 0.3 is 0 Å². The van der Waals surface area contributed by atoms with Gasteiger partial charge in [-0.3, -0.25) is 14.5 Å². The zero-order chi connectivity index (χ0) is 20.4. The van der Waals surface area contributed by atoms with Crippen molar-refractivity contribution in [2.75, 3.05) is 57.3 Å². The van der Waals surface area contributed by atoms with Crippen LogP contribution in [0.1, 0.15) is 50.4 Å². The summed E-state index contributed by atoms with van der Waals surface area (Å²) < 4.78 is 0. The predicted octanol–water partition coefficient (Wildman–Crippen LogP) is 2.60. The fourth-order valence-corrected chi connectivity index (χ4v) is 3.60. The van der Waals surface area contributed by atoms with Gasteiger partial charge in [0.05, 0.1) is 6.54 Å². The molecule has 0 aliphatic carbocycles. The first-order chi connectivity index (χ1) is 13.6. The van der Waals surface area contributed by atoms with Gasteiger partial charge in [0.15, 0.2) is 0 Å². The van der Waals surface area contributed by atoms with E-state index in [2.05, 4.69) is 41.1 Å². The van der Waals surface area contributed by atoms with E-state index in [0.717, 1.165) is 44.7 Å². The van der Waals surface area contributed by atoms with Crippen LogP contribution in [0.15, 0.2) is 24.3 Å². The van der Waals surface area contributed by atoms with E-state index >= 15 is 0 Å². The van der Waals surface area contributed by atoms with Crippen LogP contribution < -0.4 is 10.2 Å². The molecule has 1 saturated heterocycles. The summed E-state index contributed by atoms with van der Waals surface area (Å²) in [4.78, 5) is 31.1.